The van der Waals surface area contributed by atoms with E-state index in [0.29, 0.717) is 18.1 Å². The molecule has 0 unspecified atom stereocenters. The van der Waals surface area contributed by atoms with E-state index in [4.69, 9.17) is 22.7 Å². The van der Waals surface area contributed by atoms with Crippen molar-refractivity contribution in [1.82, 2.24) is 0 Å². The van der Waals surface area contributed by atoms with Crippen molar-refractivity contribution in [1.29, 1.82) is 0 Å². The van der Waals surface area contributed by atoms with Gasteiger partial charge in [-0.15, -0.1) is 0 Å². The number of rotatable bonds is 7. The van der Waals surface area contributed by atoms with Crippen LogP contribution in [0.3, 0.4) is 0 Å². The normalized spacial score (nSPS) is 15.4. The number of hydrogen-bond acceptors (Lipinski definition) is 4. The molecule has 1 fully saturated rings. The second-order valence-corrected chi connectivity index (χ2v) is 7.27. The van der Waals surface area contributed by atoms with Gasteiger partial charge in [0, 0.05) is 12.2 Å². The summed E-state index contributed by atoms with van der Waals surface area (Å²) in [5, 5.41) is 0. The van der Waals surface area contributed by atoms with Gasteiger partial charge in [0.2, 0.25) is 0 Å². The van der Waals surface area contributed by atoms with Gasteiger partial charge in [0.05, 0.1) is 17.3 Å². The van der Waals surface area contributed by atoms with E-state index in [1.807, 2.05) is 0 Å². The van der Waals surface area contributed by atoms with Crippen molar-refractivity contribution in [3.05, 3.63) is 29.8 Å². The maximum absolute atomic E-state index is 12.0. The Morgan fingerprint density at radius 1 is 1.32 bits per heavy atom. The molecule has 2 N–H and O–H groups in total. The fraction of sp³-hybridized carbons (Fsp3) is 0.462. The predicted molar refractivity (Wildman–Crippen MR) is 77.9 cm³/mol. The second kappa shape index (κ2) is 5.98. The van der Waals surface area contributed by atoms with Crippen molar-refractivity contribution in [3.63, 3.8) is 0 Å². The Morgan fingerprint density at radius 2 is 1.95 bits per heavy atom. The van der Waals surface area contributed by atoms with Crippen LogP contribution in [-0.4, -0.2) is 32.4 Å². The van der Waals surface area contributed by atoms with Gasteiger partial charge < -0.3 is 10.5 Å². The third-order valence-electron chi connectivity index (χ3n) is 3.04. The van der Waals surface area contributed by atoms with E-state index in [1.54, 1.807) is 12.1 Å². The van der Waals surface area contributed by atoms with Crippen LogP contribution in [0.5, 0.6) is 0 Å². The fourth-order valence-electron chi connectivity index (χ4n) is 1.65. The van der Waals surface area contributed by atoms with Crippen LogP contribution in [0.15, 0.2) is 29.2 Å². The molecule has 0 aliphatic heterocycles. The Labute approximate surface area is 118 Å². The zero-order chi connectivity index (χ0) is 13.9. The van der Waals surface area contributed by atoms with Crippen molar-refractivity contribution in [2.75, 3.05) is 19.0 Å². The monoisotopic (exact) mass is 299 g/mol. The number of sulfone groups is 1. The molecule has 0 amide bonds. The minimum Gasteiger partial charge on any atom is -0.389 e. The second-order valence-electron chi connectivity index (χ2n) is 4.73. The molecule has 19 heavy (non-hydrogen) atoms. The van der Waals surface area contributed by atoms with Gasteiger partial charge in [-0.05, 0) is 30.9 Å². The van der Waals surface area contributed by atoms with E-state index < -0.39 is 9.84 Å². The van der Waals surface area contributed by atoms with Crippen LogP contribution in [0.1, 0.15) is 18.4 Å². The van der Waals surface area contributed by atoms with Gasteiger partial charge in [-0.1, -0.05) is 24.4 Å². The van der Waals surface area contributed by atoms with Gasteiger partial charge in [0.25, 0.3) is 0 Å². The van der Waals surface area contributed by atoms with Crippen LogP contribution < -0.4 is 5.73 Å². The molecule has 1 aliphatic carbocycles. The highest BCUT2D eigenvalue weighted by Crippen LogP contribution is 2.28. The molecule has 104 valence electrons. The molecule has 4 nitrogen and oxygen atoms in total. The summed E-state index contributed by atoms with van der Waals surface area (Å²) in [5.74, 6) is 0.652. The number of benzene rings is 1. The highest BCUT2D eigenvalue weighted by molar-refractivity contribution is 7.91. The summed E-state index contributed by atoms with van der Waals surface area (Å²) in [4.78, 5) is 0.541. The highest BCUT2D eigenvalue weighted by atomic mass is 32.2. The molecular formula is C13H17NO3S2. The summed E-state index contributed by atoms with van der Waals surface area (Å²) in [6.07, 6.45) is 2.40. The van der Waals surface area contributed by atoms with Gasteiger partial charge in [-0.25, -0.2) is 8.42 Å². The number of nitrogens with two attached hydrogens (primary N) is 1. The third-order valence-corrected chi connectivity index (χ3v) is 4.98. The minimum atomic E-state index is -3.29. The van der Waals surface area contributed by atoms with E-state index in [-0.39, 0.29) is 22.2 Å². The van der Waals surface area contributed by atoms with Crippen LogP contribution in [0.2, 0.25) is 0 Å². The van der Waals surface area contributed by atoms with Crippen LogP contribution >= 0.6 is 12.2 Å². The first-order chi connectivity index (χ1) is 8.99. The Hall–Kier alpha value is -0.980. The minimum absolute atomic E-state index is 0.00609. The maximum Gasteiger partial charge on any atom is 0.180 e. The summed E-state index contributed by atoms with van der Waals surface area (Å²) in [7, 11) is -3.29. The number of ether oxygens (including phenoxy) is 1. The Balaban J connectivity index is 1.91. The smallest absolute Gasteiger partial charge is 0.180 e. The summed E-state index contributed by atoms with van der Waals surface area (Å²) in [6.45, 7) is 0.922. The molecule has 0 atom stereocenters. The Morgan fingerprint density at radius 3 is 2.47 bits per heavy atom. The number of thiocarbonyl (C=S) groups is 1. The van der Waals surface area contributed by atoms with Gasteiger partial charge in [-0.2, -0.15) is 0 Å². The third kappa shape index (κ3) is 4.26. The SMILES string of the molecule is NC(=S)c1ccc(S(=O)(=O)CCOCC2CC2)cc1. The molecule has 1 aromatic carbocycles. The van der Waals surface area contributed by atoms with Gasteiger partial charge in [0.1, 0.15) is 4.99 Å². The number of hydrogen-bond donors (Lipinski definition) is 1. The lowest BCUT2D eigenvalue weighted by molar-refractivity contribution is 0.138. The summed E-state index contributed by atoms with van der Waals surface area (Å²) in [6, 6.07) is 6.32. The molecule has 0 bridgehead atoms. The quantitative estimate of drug-likeness (QED) is 0.610. The Kier molecular flexibility index (Phi) is 4.54. The van der Waals surface area contributed by atoms with Crippen molar-refractivity contribution in [2.45, 2.75) is 17.7 Å². The summed E-state index contributed by atoms with van der Waals surface area (Å²) < 4.78 is 29.4. The lowest BCUT2D eigenvalue weighted by atomic mass is 10.2. The first kappa shape index (κ1) is 14.4. The van der Waals surface area contributed by atoms with Crippen LogP contribution in [0, 0.1) is 5.92 Å². The van der Waals surface area contributed by atoms with Gasteiger partial charge in [0.15, 0.2) is 9.84 Å². The zero-order valence-electron chi connectivity index (χ0n) is 10.5. The van der Waals surface area contributed by atoms with Crippen LogP contribution in [0.25, 0.3) is 0 Å². The topological polar surface area (TPSA) is 69.4 Å². The summed E-state index contributed by atoms with van der Waals surface area (Å²) >= 11 is 4.82. The van der Waals surface area contributed by atoms with Crippen molar-refractivity contribution in [3.8, 4) is 0 Å². The predicted octanol–water partition coefficient (Wildman–Crippen LogP) is 1.52. The standard InChI is InChI=1S/C13H17NO3S2/c14-13(18)11-3-5-12(6-4-11)19(15,16)8-7-17-9-10-1-2-10/h3-6,10H,1-2,7-9H2,(H2,14,18). The first-order valence-corrected chi connectivity index (χ1v) is 8.25. The van der Waals surface area contributed by atoms with Gasteiger partial charge in [-0.3, -0.25) is 0 Å². The molecule has 6 heteroatoms. The fourth-order valence-corrected chi connectivity index (χ4v) is 2.91. The van der Waals surface area contributed by atoms with Crippen molar-refractivity contribution >= 4 is 27.0 Å². The molecule has 0 aromatic heterocycles. The largest absolute Gasteiger partial charge is 0.389 e. The molecule has 0 saturated heterocycles. The van der Waals surface area contributed by atoms with Crippen LogP contribution in [-0.2, 0) is 14.6 Å². The molecular weight excluding hydrogens is 282 g/mol. The molecule has 0 radical (unpaired) electrons. The highest BCUT2D eigenvalue weighted by Gasteiger charge is 2.21. The lowest BCUT2D eigenvalue weighted by Gasteiger charge is -2.06. The Bertz CT molecular complexity index is 548. The van der Waals surface area contributed by atoms with Gasteiger partial charge >= 0.3 is 0 Å². The maximum atomic E-state index is 12.0. The van der Waals surface area contributed by atoms with E-state index in [2.05, 4.69) is 0 Å². The zero-order valence-corrected chi connectivity index (χ0v) is 12.2. The van der Waals surface area contributed by atoms with Crippen LogP contribution in [0.4, 0.5) is 0 Å². The van der Waals surface area contributed by atoms with E-state index >= 15 is 0 Å². The molecule has 2 rings (SSSR count). The average Bonchev–Trinajstić information content (AvgIpc) is 3.19. The van der Waals surface area contributed by atoms with Crippen molar-refractivity contribution in [2.24, 2.45) is 11.7 Å². The van der Waals surface area contributed by atoms with E-state index in [1.165, 1.54) is 25.0 Å². The first-order valence-electron chi connectivity index (χ1n) is 6.19. The van der Waals surface area contributed by atoms with Crippen molar-refractivity contribution < 1.29 is 13.2 Å². The molecule has 0 spiro atoms. The average molecular weight is 299 g/mol. The molecule has 1 saturated carbocycles. The molecule has 1 aliphatic rings. The van der Waals surface area contributed by atoms with E-state index in [9.17, 15) is 8.42 Å². The van der Waals surface area contributed by atoms with E-state index in [0.717, 1.165) is 0 Å². The molecule has 0 heterocycles. The summed E-state index contributed by atoms with van der Waals surface area (Å²) in [5.41, 5.74) is 6.13. The molecule has 1 aromatic rings. The lowest BCUT2D eigenvalue weighted by Crippen LogP contribution is -2.14.